The highest BCUT2D eigenvalue weighted by atomic mass is 16.5. The van der Waals surface area contributed by atoms with Gasteiger partial charge in [0.1, 0.15) is 36.1 Å². The molecule has 9 rings (SSSR count). The van der Waals surface area contributed by atoms with E-state index in [4.69, 9.17) is 28.9 Å². The smallest absolute Gasteiger partial charge is 0.407 e. The van der Waals surface area contributed by atoms with Crippen LogP contribution in [0.25, 0.3) is 44.2 Å². The topological polar surface area (TPSA) is 193 Å². The third-order valence-electron chi connectivity index (χ3n) is 14.4. The van der Waals surface area contributed by atoms with E-state index in [2.05, 4.69) is 63.9 Å². The molecule has 350 valence electrons. The molecular weight excluding hydrogens is 841 g/mol. The van der Waals surface area contributed by atoms with Gasteiger partial charge in [-0.1, -0.05) is 45.4 Å². The number of benzene rings is 3. The fourth-order valence-corrected chi connectivity index (χ4v) is 11.0. The van der Waals surface area contributed by atoms with Crippen LogP contribution in [0.5, 0.6) is 5.75 Å². The summed E-state index contributed by atoms with van der Waals surface area (Å²) in [6.45, 7) is 13.0. The number of carbonyl (C=O) groups excluding carboxylic acids is 4. The highest BCUT2D eigenvalue weighted by molar-refractivity contribution is 6.07. The Hall–Kier alpha value is -6.16. The van der Waals surface area contributed by atoms with Crippen LogP contribution in [0.2, 0.25) is 0 Å². The van der Waals surface area contributed by atoms with Crippen LogP contribution in [0.4, 0.5) is 9.59 Å². The van der Waals surface area contributed by atoms with Gasteiger partial charge in [-0.2, -0.15) is 0 Å². The van der Waals surface area contributed by atoms with Crippen molar-refractivity contribution in [3.05, 3.63) is 65.9 Å². The zero-order valence-electron chi connectivity index (χ0n) is 39.1. The Bertz CT molecular complexity index is 2650. The van der Waals surface area contributed by atoms with Crippen LogP contribution in [0.3, 0.4) is 0 Å². The molecule has 0 saturated carbocycles. The molecular formula is C50H62N8O8. The van der Waals surface area contributed by atoms with E-state index in [1.54, 1.807) is 0 Å². The van der Waals surface area contributed by atoms with Crippen molar-refractivity contribution in [2.24, 2.45) is 17.8 Å². The zero-order chi connectivity index (χ0) is 46.6. The van der Waals surface area contributed by atoms with Crippen LogP contribution in [0.15, 0.2) is 48.7 Å². The number of amides is 4. The lowest BCUT2D eigenvalue weighted by Crippen LogP contribution is -2.54. The molecule has 2 aromatic heterocycles. The van der Waals surface area contributed by atoms with E-state index >= 15 is 0 Å². The molecule has 6 heterocycles. The minimum absolute atomic E-state index is 0.0197. The number of hydrogen-bond acceptors (Lipinski definition) is 10. The minimum atomic E-state index is -0.750. The van der Waals surface area contributed by atoms with Crippen LogP contribution in [0.1, 0.15) is 109 Å². The lowest BCUT2D eigenvalue weighted by atomic mass is 9.85. The van der Waals surface area contributed by atoms with Crippen molar-refractivity contribution in [3.8, 4) is 28.1 Å². The molecule has 16 nitrogen and oxygen atoms in total. The van der Waals surface area contributed by atoms with Crippen LogP contribution < -0.4 is 15.4 Å². The highest BCUT2D eigenvalue weighted by Gasteiger charge is 2.45. The number of methoxy groups -OCH3 is 2. The summed E-state index contributed by atoms with van der Waals surface area (Å²) in [5.74, 6) is 1.98. The lowest BCUT2D eigenvalue weighted by Gasteiger charge is -2.38. The Labute approximate surface area is 384 Å². The number of rotatable bonds is 10. The Balaban J connectivity index is 0.971. The standard InChI is InChI=1S/C50H62N8O8/c1-9-29-18-40(57(23-29)47(59)43(56-50(62)64-8)32-16-27(5)66-28(6)17-32)46-52-37-14-12-30-20-36-34-13-11-31(19-33(34)24-65-41(36)21-35(30)44(37)54-46)38-22-51-45(53-38)39-15-10-26(4)58(39)48(60)42(25(2)3)55-49(61)63-7/h11-14,19-22,25-29,32,39-40,42-43H,9-10,15-18,23-24H2,1-8H3,(H,51,53)(H,52,54)(H,55,61)(H,56,62)/t26-,27+,28?,29-,32?,39?,40?,42?,43-/m0/s1. The van der Waals surface area contributed by atoms with Gasteiger partial charge in [0, 0.05) is 23.5 Å². The summed E-state index contributed by atoms with van der Waals surface area (Å²) < 4.78 is 22.3. The highest BCUT2D eigenvalue weighted by Crippen LogP contribution is 2.44. The van der Waals surface area contributed by atoms with Gasteiger partial charge in [-0.25, -0.2) is 19.6 Å². The maximum Gasteiger partial charge on any atom is 0.407 e. The summed E-state index contributed by atoms with van der Waals surface area (Å²) in [7, 11) is 2.62. The van der Waals surface area contributed by atoms with Gasteiger partial charge in [0.2, 0.25) is 11.8 Å². The van der Waals surface area contributed by atoms with Crippen molar-refractivity contribution < 1.29 is 38.1 Å². The van der Waals surface area contributed by atoms with Crippen molar-refractivity contribution >= 4 is 45.8 Å². The summed E-state index contributed by atoms with van der Waals surface area (Å²) in [5.41, 5.74) is 6.59. The summed E-state index contributed by atoms with van der Waals surface area (Å²) in [4.78, 5) is 74.2. The average molecular weight is 903 g/mol. The molecule has 4 aliphatic rings. The van der Waals surface area contributed by atoms with E-state index in [9.17, 15) is 19.2 Å². The van der Waals surface area contributed by atoms with Crippen molar-refractivity contribution in [2.45, 2.75) is 129 Å². The predicted molar refractivity (Wildman–Crippen MR) is 248 cm³/mol. The van der Waals surface area contributed by atoms with Crippen LogP contribution in [-0.2, 0) is 30.4 Å². The summed E-state index contributed by atoms with van der Waals surface area (Å²) in [6, 6.07) is 12.7. The molecule has 0 aliphatic carbocycles. The van der Waals surface area contributed by atoms with Crippen LogP contribution in [0, 0.1) is 17.8 Å². The molecule has 4 N–H and O–H groups in total. The second-order valence-electron chi connectivity index (χ2n) is 19.2. The van der Waals surface area contributed by atoms with E-state index in [0.717, 1.165) is 87.0 Å². The van der Waals surface area contributed by atoms with Gasteiger partial charge < -0.3 is 49.3 Å². The van der Waals surface area contributed by atoms with Gasteiger partial charge >= 0.3 is 12.2 Å². The van der Waals surface area contributed by atoms with Gasteiger partial charge in [-0.3, -0.25) is 9.59 Å². The summed E-state index contributed by atoms with van der Waals surface area (Å²) in [6.07, 6.45) is 5.05. The Morgan fingerprint density at radius 1 is 0.864 bits per heavy atom. The number of aromatic nitrogens is 4. The lowest BCUT2D eigenvalue weighted by molar-refractivity contribution is -0.139. The zero-order valence-corrected chi connectivity index (χ0v) is 39.1. The molecule has 0 spiro atoms. The number of alkyl carbamates (subject to hydrolysis) is 2. The number of fused-ring (bicyclic) bond motifs is 6. The first-order valence-corrected chi connectivity index (χ1v) is 23.5. The number of H-pyrrole nitrogens is 2. The quantitative estimate of drug-likeness (QED) is 0.106. The third-order valence-corrected chi connectivity index (χ3v) is 14.4. The number of nitrogens with one attached hydrogen (secondary N) is 4. The van der Waals surface area contributed by atoms with E-state index in [1.807, 2.05) is 56.7 Å². The summed E-state index contributed by atoms with van der Waals surface area (Å²) in [5, 5.41) is 7.60. The second kappa shape index (κ2) is 18.3. The van der Waals surface area contributed by atoms with E-state index in [0.29, 0.717) is 31.8 Å². The SMILES string of the molecule is CC[C@H]1CC(c2nc3c(ccc4cc5c(cc43)OCc3cc(-c4cnc(C6CC[C@H](C)N6C(=O)C(NC(=O)OC)C(C)C)[nH]4)ccc3-5)[nH]2)N(C(=O)[C@@H](NC(=O)OC)C2CC(C)O[C@H](C)C2)C1. The van der Waals surface area contributed by atoms with Gasteiger partial charge in [-0.15, -0.1) is 0 Å². The molecule has 16 heteroatoms. The molecule has 3 fully saturated rings. The first kappa shape index (κ1) is 45.0. The van der Waals surface area contributed by atoms with Crippen LogP contribution >= 0.6 is 0 Å². The largest absolute Gasteiger partial charge is 0.488 e. The maximum atomic E-state index is 14.6. The fourth-order valence-electron chi connectivity index (χ4n) is 11.0. The minimum Gasteiger partial charge on any atom is -0.488 e. The molecule has 9 atom stereocenters. The molecule has 0 bridgehead atoms. The average Bonchev–Trinajstić information content (AvgIpc) is 4.14. The van der Waals surface area contributed by atoms with E-state index in [-0.39, 0.29) is 59.9 Å². The predicted octanol–water partition coefficient (Wildman–Crippen LogP) is 8.33. The molecule has 5 unspecified atom stereocenters. The van der Waals surface area contributed by atoms with Gasteiger partial charge in [-0.05, 0) is 117 Å². The van der Waals surface area contributed by atoms with Crippen molar-refractivity contribution in [1.29, 1.82) is 0 Å². The number of aromatic amines is 2. The number of carbonyl (C=O) groups is 4. The molecule has 5 aromatic rings. The Morgan fingerprint density at radius 2 is 1.62 bits per heavy atom. The maximum absolute atomic E-state index is 14.6. The molecule has 4 aliphatic heterocycles. The second-order valence-corrected chi connectivity index (χ2v) is 19.2. The molecule has 66 heavy (non-hydrogen) atoms. The normalized spacial score (nSPS) is 24.7. The Kier molecular flexibility index (Phi) is 12.5. The van der Waals surface area contributed by atoms with Crippen molar-refractivity contribution in [2.75, 3.05) is 20.8 Å². The van der Waals surface area contributed by atoms with Crippen molar-refractivity contribution in [3.63, 3.8) is 0 Å². The number of nitrogens with zero attached hydrogens (tertiary/aromatic N) is 4. The molecule has 3 aromatic carbocycles. The summed E-state index contributed by atoms with van der Waals surface area (Å²) >= 11 is 0. The fraction of sp³-hybridized carbons (Fsp3) is 0.520. The number of hydrogen-bond donors (Lipinski definition) is 4. The molecule has 3 saturated heterocycles. The van der Waals surface area contributed by atoms with Gasteiger partial charge in [0.05, 0.1) is 61.4 Å². The number of ether oxygens (including phenoxy) is 4. The Morgan fingerprint density at radius 3 is 2.35 bits per heavy atom. The number of imidazole rings is 2. The van der Waals surface area contributed by atoms with Crippen LogP contribution in [-0.4, -0.2) is 105 Å². The monoisotopic (exact) mass is 902 g/mol. The van der Waals surface area contributed by atoms with E-state index in [1.165, 1.54) is 14.2 Å². The third kappa shape index (κ3) is 8.44. The van der Waals surface area contributed by atoms with Gasteiger partial charge in [0.25, 0.3) is 0 Å². The van der Waals surface area contributed by atoms with E-state index < -0.39 is 24.3 Å². The molecule has 0 radical (unpaired) electrons. The first-order valence-electron chi connectivity index (χ1n) is 23.5. The number of likely N-dealkylation sites (tertiary alicyclic amines) is 2. The first-order chi connectivity index (χ1) is 31.7. The van der Waals surface area contributed by atoms with Gasteiger partial charge in [0.15, 0.2) is 0 Å². The molecule has 4 amide bonds. The van der Waals surface area contributed by atoms with Crippen molar-refractivity contribution in [1.82, 2.24) is 40.4 Å².